The normalized spacial score (nSPS) is 14.0. The highest BCUT2D eigenvalue weighted by atomic mass is 16.5. The average molecular weight is 393 g/mol. The third-order valence-corrected chi connectivity index (χ3v) is 4.97. The minimum absolute atomic E-state index is 0.0624. The summed E-state index contributed by atoms with van der Waals surface area (Å²) in [5, 5.41) is 2.91. The lowest BCUT2D eigenvalue weighted by atomic mass is 10.2. The molecular weight excluding hydrogens is 360 g/mol. The molecule has 0 aliphatic carbocycles. The van der Waals surface area contributed by atoms with Gasteiger partial charge in [0.25, 0.3) is 0 Å². The first-order valence-corrected chi connectivity index (χ1v) is 9.81. The lowest BCUT2D eigenvalue weighted by Crippen LogP contribution is -2.40. The number of hydrogen-bond donors (Lipinski definition) is 1. The topological polar surface area (TPSA) is 74.4 Å². The zero-order valence-electron chi connectivity index (χ0n) is 17.4. The Morgan fingerprint density at radius 1 is 1.18 bits per heavy atom. The van der Waals surface area contributed by atoms with Gasteiger partial charge in [-0.15, -0.1) is 0 Å². The van der Waals surface area contributed by atoms with Crippen LogP contribution in [0.4, 0.5) is 10.5 Å². The molecule has 0 unspecified atom stereocenters. The van der Waals surface area contributed by atoms with Gasteiger partial charge in [-0.2, -0.15) is 0 Å². The quantitative estimate of drug-likeness (QED) is 0.581. The number of methoxy groups -OCH3 is 2. The highest BCUT2D eigenvalue weighted by molar-refractivity contribution is 5.97. The Bertz CT molecular complexity index is 664. The van der Waals surface area contributed by atoms with Crippen molar-refractivity contribution in [1.29, 1.82) is 0 Å². The van der Waals surface area contributed by atoms with E-state index in [-0.39, 0.29) is 18.5 Å². The van der Waals surface area contributed by atoms with Crippen LogP contribution in [0.5, 0.6) is 11.5 Å². The van der Waals surface area contributed by atoms with Gasteiger partial charge in [0, 0.05) is 25.7 Å². The molecule has 2 rings (SSSR count). The first-order chi connectivity index (χ1) is 13.5. The van der Waals surface area contributed by atoms with Gasteiger partial charge >= 0.3 is 6.03 Å². The number of rotatable bonds is 11. The Hall–Kier alpha value is -2.48. The standard InChI is InChI=1S/C20H32N4O4/c1-5-22(6-2)11-7-10-21-19(25)15-23-12-13-24(20(23)26)17-14-16(27-3)8-9-18(17)28-4/h8-9,14H,5-7,10-13,15H2,1-4H3,(H,21,25). The van der Waals surface area contributed by atoms with Crippen LogP contribution in [0.3, 0.4) is 0 Å². The van der Waals surface area contributed by atoms with Gasteiger partial charge in [-0.3, -0.25) is 9.69 Å². The number of carbonyl (C=O) groups is 2. The minimum Gasteiger partial charge on any atom is -0.497 e. The third kappa shape index (κ3) is 5.51. The fraction of sp³-hybridized carbons (Fsp3) is 0.600. The molecule has 8 nitrogen and oxygen atoms in total. The summed E-state index contributed by atoms with van der Waals surface area (Å²) in [5.41, 5.74) is 0.647. The molecule has 1 aliphatic heterocycles. The highest BCUT2D eigenvalue weighted by Gasteiger charge is 2.32. The van der Waals surface area contributed by atoms with E-state index in [0.29, 0.717) is 36.8 Å². The molecule has 1 aliphatic rings. The van der Waals surface area contributed by atoms with E-state index in [0.717, 1.165) is 26.1 Å². The lowest BCUT2D eigenvalue weighted by Gasteiger charge is -2.21. The molecule has 0 radical (unpaired) electrons. The molecule has 1 aromatic carbocycles. The fourth-order valence-electron chi connectivity index (χ4n) is 3.26. The maximum absolute atomic E-state index is 12.8. The molecule has 1 heterocycles. The second kappa shape index (κ2) is 10.8. The van der Waals surface area contributed by atoms with Gasteiger partial charge in [0.2, 0.25) is 5.91 Å². The van der Waals surface area contributed by atoms with E-state index in [2.05, 4.69) is 24.1 Å². The molecule has 3 amide bonds. The van der Waals surface area contributed by atoms with Gasteiger partial charge in [-0.05, 0) is 38.2 Å². The van der Waals surface area contributed by atoms with Gasteiger partial charge in [0.05, 0.1) is 19.9 Å². The molecule has 1 aromatic rings. The first-order valence-electron chi connectivity index (χ1n) is 9.81. The molecule has 156 valence electrons. The number of benzene rings is 1. The molecule has 1 N–H and O–H groups in total. The number of hydrogen-bond acceptors (Lipinski definition) is 5. The van der Waals surface area contributed by atoms with E-state index >= 15 is 0 Å². The third-order valence-electron chi connectivity index (χ3n) is 4.97. The van der Waals surface area contributed by atoms with E-state index in [1.165, 1.54) is 0 Å². The van der Waals surface area contributed by atoms with Crippen molar-refractivity contribution < 1.29 is 19.1 Å². The highest BCUT2D eigenvalue weighted by Crippen LogP contribution is 2.34. The van der Waals surface area contributed by atoms with Crippen molar-refractivity contribution in [3.8, 4) is 11.5 Å². The van der Waals surface area contributed by atoms with Crippen molar-refractivity contribution in [3.05, 3.63) is 18.2 Å². The van der Waals surface area contributed by atoms with Crippen LogP contribution in [0.2, 0.25) is 0 Å². The Balaban J connectivity index is 1.88. The first kappa shape index (κ1) is 21.8. The summed E-state index contributed by atoms with van der Waals surface area (Å²) in [6.45, 7) is 8.90. The number of nitrogens with one attached hydrogen (secondary N) is 1. The summed E-state index contributed by atoms with van der Waals surface area (Å²) in [5.74, 6) is 1.11. The molecule has 1 fully saturated rings. The van der Waals surface area contributed by atoms with Crippen molar-refractivity contribution in [2.45, 2.75) is 20.3 Å². The largest absolute Gasteiger partial charge is 0.497 e. The zero-order chi connectivity index (χ0) is 20.5. The van der Waals surface area contributed by atoms with E-state index in [1.54, 1.807) is 42.2 Å². The summed E-state index contributed by atoms with van der Waals surface area (Å²) in [6.07, 6.45) is 0.897. The molecule has 0 saturated carbocycles. The molecule has 1 saturated heterocycles. The molecule has 0 atom stereocenters. The fourth-order valence-corrected chi connectivity index (χ4v) is 3.26. The van der Waals surface area contributed by atoms with E-state index < -0.39 is 0 Å². The number of anilines is 1. The second-order valence-electron chi connectivity index (χ2n) is 6.62. The van der Waals surface area contributed by atoms with Crippen molar-refractivity contribution in [2.24, 2.45) is 0 Å². The SMILES string of the molecule is CCN(CC)CCCNC(=O)CN1CCN(c2cc(OC)ccc2OC)C1=O. The van der Waals surface area contributed by atoms with Crippen molar-refractivity contribution in [2.75, 3.05) is 64.9 Å². The van der Waals surface area contributed by atoms with Gasteiger partial charge in [-0.1, -0.05) is 13.8 Å². The number of ether oxygens (including phenoxy) is 2. The predicted molar refractivity (Wildman–Crippen MR) is 109 cm³/mol. The van der Waals surface area contributed by atoms with Crippen LogP contribution in [0.1, 0.15) is 20.3 Å². The van der Waals surface area contributed by atoms with Crippen molar-refractivity contribution in [3.63, 3.8) is 0 Å². The zero-order valence-corrected chi connectivity index (χ0v) is 17.4. The van der Waals surface area contributed by atoms with Crippen LogP contribution in [-0.2, 0) is 4.79 Å². The number of amides is 3. The van der Waals surface area contributed by atoms with Gasteiger partial charge < -0.3 is 24.6 Å². The lowest BCUT2D eigenvalue weighted by molar-refractivity contribution is -0.121. The second-order valence-corrected chi connectivity index (χ2v) is 6.62. The van der Waals surface area contributed by atoms with Gasteiger partial charge in [0.1, 0.15) is 18.0 Å². The summed E-state index contributed by atoms with van der Waals surface area (Å²) in [6, 6.07) is 5.12. The van der Waals surface area contributed by atoms with Crippen LogP contribution in [0, 0.1) is 0 Å². The van der Waals surface area contributed by atoms with Crippen LogP contribution in [0.15, 0.2) is 18.2 Å². The Morgan fingerprint density at radius 3 is 2.57 bits per heavy atom. The maximum atomic E-state index is 12.8. The monoisotopic (exact) mass is 392 g/mol. The molecule has 28 heavy (non-hydrogen) atoms. The van der Waals surface area contributed by atoms with Gasteiger partial charge in [0.15, 0.2) is 0 Å². The number of carbonyl (C=O) groups excluding carboxylic acids is 2. The smallest absolute Gasteiger partial charge is 0.325 e. The molecule has 8 heteroatoms. The van der Waals surface area contributed by atoms with Crippen molar-refractivity contribution >= 4 is 17.6 Å². The number of urea groups is 1. The summed E-state index contributed by atoms with van der Waals surface area (Å²) in [4.78, 5) is 30.5. The minimum atomic E-state index is -0.204. The predicted octanol–water partition coefficient (Wildman–Crippen LogP) is 1.79. The van der Waals surface area contributed by atoms with Crippen LogP contribution >= 0.6 is 0 Å². The molecule has 0 aromatic heterocycles. The number of nitrogens with zero attached hydrogens (tertiary/aromatic N) is 3. The van der Waals surface area contributed by atoms with E-state index in [9.17, 15) is 9.59 Å². The van der Waals surface area contributed by atoms with Crippen LogP contribution in [0.25, 0.3) is 0 Å². The van der Waals surface area contributed by atoms with E-state index in [4.69, 9.17) is 9.47 Å². The summed E-state index contributed by atoms with van der Waals surface area (Å²) < 4.78 is 10.6. The van der Waals surface area contributed by atoms with Gasteiger partial charge in [-0.25, -0.2) is 4.79 Å². The molecule has 0 bridgehead atoms. The average Bonchev–Trinajstić information content (AvgIpc) is 3.07. The Kier molecular flexibility index (Phi) is 8.38. The summed E-state index contributed by atoms with van der Waals surface area (Å²) >= 11 is 0. The van der Waals surface area contributed by atoms with E-state index in [1.807, 2.05) is 0 Å². The van der Waals surface area contributed by atoms with Crippen LogP contribution in [-0.4, -0.2) is 81.8 Å². The maximum Gasteiger partial charge on any atom is 0.325 e. The molecule has 0 spiro atoms. The van der Waals surface area contributed by atoms with Crippen LogP contribution < -0.4 is 19.7 Å². The molecular formula is C20H32N4O4. The van der Waals surface area contributed by atoms with Crippen molar-refractivity contribution in [1.82, 2.24) is 15.1 Å². The summed E-state index contributed by atoms with van der Waals surface area (Å²) in [7, 11) is 3.14. The Morgan fingerprint density at radius 2 is 1.93 bits per heavy atom. The Labute approximate surface area is 167 Å².